The summed E-state index contributed by atoms with van der Waals surface area (Å²) in [5, 5.41) is 11.9. The molecule has 1 aromatic rings. The van der Waals surface area contributed by atoms with Gasteiger partial charge in [0.1, 0.15) is 5.56 Å². The van der Waals surface area contributed by atoms with Gasteiger partial charge >= 0.3 is 12.0 Å². The molecule has 2 atom stereocenters. The van der Waals surface area contributed by atoms with E-state index < -0.39 is 5.97 Å². The average Bonchev–Trinajstić information content (AvgIpc) is 2.83. The van der Waals surface area contributed by atoms with Gasteiger partial charge in [0, 0.05) is 13.7 Å². The summed E-state index contributed by atoms with van der Waals surface area (Å²) in [5.74, 6) is -1.18. The molecule has 1 aromatic carbocycles. The number of carbonyl (C=O) groups excluding carboxylic acids is 1. The van der Waals surface area contributed by atoms with Gasteiger partial charge in [-0.3, -0.25) is 0 Å². The molecule has 2 amide bonds. The van der Waals surface area contributed by atoms with Crippen LogP contribution in [0.5, 0.6) is 0 Å². The maximum Gasteiger partial charge on any atom is 0.339 e. The molecule has 1 fully saturated rings. The fourth-order valence-electron chi connectivity index (χ4n) is 2.43. The molecule has 1 aliphatic heterocycles. The molecule has 0 radical (unpaired) electrons. The van der Waals surface area contributed by atoms with Crippen molar-refractivity contribution in [2.45, 2.75) is 25.5 Å². The number of benzene rings is 1. The molecule has 1 saturated heterocycles. The van der Waals surface area contributed by atoms with E-state index in [-0.39, 0.29) is 34.5 Å². The monoisotopic (exact) mass is 312 g/mol. The maximum absolute atomic E-state index is 12.3. The van der Waals surface area contributed by atoms with Gasteiger partial charge in [-0.1, -0.05) is 17.7 Å². The summed E-state index contributed by atoms with van der Waals surface area (Å²) in [6.45, 7) is 2.52. The molecule has 0 aromatic heterocycles. The number of hydrogen-bond acceptors (Lipinski definition) is 3. The Hall–Kier alpha value is -1.79. The molecule has 0 aliphatic carbocycles. The third kappa shape index (κ3) is 3.28. The zero-order valence-electron chi connectivity index (χ0n) is 11.8. The number of likely N-dealkylation sites (N-methyl/N-ethyl adjacent to an activating group) is 1. The van der Waals surface area contributed by atoms with Gasteiger partial charge < -0.3 is 20.1 Å². The summed E-state index contributed by atoms with van der Waals surface area (Å²) in [5.41, 5.74) is 0.0649. The minimum atomic E-state index is -1.18. The Morgan fingerprint density at radius 2 is 2.19 bits per heavy atom. The number of nitrogens with zero attached hydrogens (tertiary/aromatic N) is 1. The normalized spacial score (nSPS) is 21.1. The van der Waals surface area contributed by atoms with Crippen molar-refractivity contribution in [2.24, 2.45) is 0 Å². The fraction of sp³-hybridized carbons (Fsp3) is 0.429. The lowest BCUT2D eigenvalue weighted by atomic mass is 10.1. The van der Waals surface area contributed by atoms with Gasteiger partial charge in [0.05, 0.1) is 22.9 Å². The van der Waals surface area contributed by atoms with E-state index >= 15 is 0 Å². The Morgan fingerprint density at radius 1 is 1.48 bits per heavy atom. The summed E-state index contributed by atoms with van der Waals surface area (Å²) >= 11 is 5.87. The van der Waals surface area contributed by atoms with Gasteiger partial charge in [0.25, 0.3) is 0 Å². The summed E-state index contributed by atoms with van der Waals surface area (Å²) < 4.78 is 5.43. The molecule has 6 nitrogen and oxygen atoms in total. The Kier molecular flexibility index (Phi) is 4.69. The molecule has 7 heteroatoms. The molecule has 114 valence electrons. The second kappa shape index (κ2) is 6.32. The Morgan fingerprint density at radius 3 is 2.76 bits per heavy atom. The second-order valence-electron chi connectivity index (χ2n) is 4.94. The first kappa shape index (κ1) is 15.6. The van der Waals surface area contributed by atoms with Crippen molar-refractivity contribution < 1.29 is 19.4 Å². The van der Waals surface area contributed by atoms with Crippen molar-refractivity contribution in [2.75, 3.05) is 19.0 Å². The lowest BCUT2D eigenvalue weighted by Crippen LogP contribution is -2.43. The number of nitrogens with one attached hydrogen (secondary N) is 1. The summed E-state index contributed by atoms with van der Waals surface area (Å²) in [7, 11) is 1.66. The summed E-state index contributed by atoms with van der Waals surface area (Å²) in [4.78, 5) is 25.0. The molecule has 0 saturated carbocycles. The molecule has 0 bridgehead atoms. The Bertz CT molecular complexity index is 564. The Balaban J connectivity index is 2.16. The van der Waals surface area contributed by atoms with Gasteiger partial charge in [0.2, 0.25) is 0 Å². The molecule has 2 rings (SSSR count). The third-order valence-corrected chi connectivity index (χ3v) is 3.94. The van der Waals surface area contributed by atoms with E-state index in [2.05, 4.69) is 5.32 Å². The van der Waals surface area contributed by atoms with E-state index in [1.54, 1.807) is 13.1 Å². The number of hydrogen-bond donors (Lipinski definition) is 2. The number of ether oxygens (including phenoxy) is 1. The molecule has 1 aliphatic rings. The number of carboxylic acid groups (broad SMARTS) is 1. The van der Waals surface area contributed by atoms with E-state index in [0.717, 1.165) is 6.42 Å². The van der Waals surface area contributed by atoms with Crippen molar-refractivity contribution in [3.05, 3.63) is 28.8 Å². The molecule has 1 heterocycles. The van der Waals surface area contributed by atoms with E-state index in [1.165, 1.54) is 17.0 Å². The lowest BCUT2D eigenvalue weighted by Gasteiger charge is -2.27. The predicted octanol–water partition coefficient (Wildman–Crippen LogP) is 2.68. The number of anilines is 1. The maximum atomic E-state index is 12.3. The van der Waals surface area contributed by atoms with E-state index in [0.29, 0.717) is 6.61 Å². The van der Waals surface area contributed by atoms with Crippen LogP contribution in [-0.4, -0.2) is 47.8 Å². The summed E-state index contributed by atoms with van der Waals surface area (Å²) in [6.07, 6.45) is 0.714. The zero-order valence-corrected chi connectivity index (χ0v) is 12.6. The highest BCUT2D eigenvalue weighted by Gasteiger charge is 2.31. The topological polar surface area (TPSA) is 78.9 Å². The molecule has 21 heavy (non-hydrogen) atoms. The van der Waals surface area contributed by atoms with Crippen LogP contribution < -0.4 is 5.32 Å². The van der Waals surface area contributed by atoms with Gasteiger partial charge in [-0.25, -0.2) is 9.59 Å². The average molecular weight is 313 g/mol. The number of halogens is 1. The largest absolute Gasteiger partial charge is 0.478 e. The van der Waals surface area contributed by atoms with Crippen LogP contribution in [-0.2, 0) is 4.74 Å². The van der Waals surface area contributed by atoms with Gasteiger partial charge in [-0.2, -0.15) is 0 Å². The number of amides is 2. The van der Waals surface area contributed by atoms with Crippen LogP contribution in [0.1, 0.15) is 23.7 Å². The van der Waals surface area contributed by atoms with Crippen molar-refractivity contribution in [3.8, 4) is 0 Å². The second-order valence-corrected chi connectivity index (χ2v) is 5.35. The highest BCUT2D eigenvalue weighted by Crippen LogP contribution is 2.25. The van der Waals surface area contributed by atoms with E-state index in [1.807, 2.05) is 6.92 Å². The number of rotatable bonds is 3. The van der Waals surface area contributed by atoms with Crippen LogP contribution >= 0.6 is 11.6 Å². The van der Waals surface area contributed by atoms with Gasteiger partial charge in [-0.05, 0) is 25.5 Å². The van der Waals surface area contributed by atoms with E-state index in [4.69, 9.17) is 16.3 Å². The van der Waals surface area contributed by atoms with Gasteiger partial charge in [0.15, 0.2) is 0 Å². The van der Waals surface area contributed by atoms with Crippen molar-refractivity contribution in [3.63, 3.8) is 0 Å². The molecule has 0 spiro atoms. The van der Waals surface area contributed by atoms with Crippen LogP contribution in [0.15, 0.2) is 18.2 Å². The first-order chi connectivity index (χ1) is 9.91. The molecule has 2 unspecified atom stereocenters. The number of urea groups is 1. The molecule has 2 N–H and O–H groups in total. The molecular formula is C14H17ClN2O4. The molecular weight excluding hydrogens is 296 g/mol. The zero-order chi connectivity index (χ0) is 15.6. The number of carbonyl (C=O) groups is 2. The van der Waals surface area contributed by atoms with Crippen LogP contribution in [0.2, 0.25) is 5.02 Å². The smallest absolute Gasteiger partial charge is 0.339 e. The predicted molar refractivity (Wildman–Crippen MR) is 79.0 cm³/mol. The van der Waals surface area contributed by atoms with Crippen LogP contribution in [0.4, 0.5) is 10.5 Å². The highest BCUT2D eigenvalue weighted by atomic mass is 35.5. The van der Waals surface area contributed by atoms with Crippen LogP contribution in [0.25, 0.3) is 0 Å². The SMILES string of the molecule is CC1OCCC1N(C)C(=O)Nc1cccc(Cl)c1C(=O)O. The minimum absolute atomic E-state index is 0.0301. The summed E-state index contributed by atoms with van der Waals surface area (Å²) in [6, 6.07) is 4.15. The van der Waals surface area contributed by atoms with Crippen LogP contribution in [0, 0.1) is 0 Å². The van der Waals surface area contributed by atoms with E-state index in [9.17, 15) is 14.7 Å². The van der Waals surface area contributed by atoms with Gasteiger partial charge in [-0.15, -0.1) is 0 Å². The fourth-order valence-corrected chi connectivity index (χ4v) is 2.68. The van der Waals surface area contributed by atoms with Crippen LogP contribution in [0.3, 0.4) is 0 Å². The quantitative estimate of drug-likeness (QED) is 0.899. The highest BCUT2D eigenvalue weighted by molar-refractivity contribution is 6.34. The first-order valence-corrected chi connectivity index (χ1v) is 6.97. The number of carboxylic acids is 1. The van der Waals surface area contributed by atoms with Crippen molar-refractivity contribution in [1.82, 2.24) is 4.90 Å². The standard InChI is InChI=1S/C14H17ClN2O4/c1-8-11(6-7-21-8)17(2)14(20)16-10-5-3-4-9(15)12(10)13(18)19/h3-5,8,11H,6-7H2,1-2H3,(H,16,20)(H,18,19). The van der Waals surface area contributed by atoms with Crippen molar-refractivity contribution >= 4 is 29.3 Å². The minimum Gasteiger partial charge on any atom is -0.478 e. The Labute approximate surface area is 127 Å². The number of aromatic carboxylic acids is 1. The third-order valence-electron chi connectivity index (χ3n) is 3.62. The lowest BCUT2D eigenvalue weighted by molar-refractivity contribution is 0.0698. The van der Waals surface area contributed by atoms with Crippen molar-refractivity contribution in [1.29, 1.82) is 0 Å². The first-order valence-electron chi connectivity index (χ1n) is 6.59.